The zero-order chi connectivity index (χ0) is 12.2. The van der Waals surface area contributed by atoms with Crippen molar-refractivity contribution in [3.63, 3.8) is 0 Å². The first-order valence-corrected chi connectivity index (χ1v) is 6.40. The molecule has 0 bridgehead atoms. The van der Waals surface area contributed by atoms with Crippen molar-refractivity contribution < 1.29 is 9.90 Å². The molecular formula is C13H25NO2. The second-order valence-electron chi connectivity index (χ2n) is 5.70. The molecule has 94 valence electrons. The fourth-order valence-electron chi connectivity index (χ4n) is 2.68. The molecule has 0 radical (unpaired) electrons. The third-order valence-electron chi connectivity index (χ3n) is 3.26. The Kier molecular flexibility index (Phi) is 4.78. The van der Waals surface area contributed by atoms with E-state index in [-0.39, 0.29) is 24.5 Å². The summed E-state index contributed by atoms with van der Waals surface area (Å²) in [7, 11) is 0. The summed E-state index contributed by atoms with van der Waals surface area (Å²) in [6, 6.07) is 0.382. The first-order valence-electron chi connectivity index (χ1n) is 6.40. The van der Waals surface area contributed by atoms with Gasteiger partial charge in [-0.15, -0.1) is 0 Å². The highest BCUT2D eigenvalue weighted by Gasteiger charge is 2.33. The van der Waals surface area contributed by atoms with Crippen LogP contribution in [0.4, 0.5) is 0 Å². The average Bonchev–Trinajstić information content (AvgIpc) is 2.17. The number of hydrogen-bond acceptors (Lipinski definition) is 2. The van der Waals surface area contributed by atoms with Crippen LogP contribution in [0.3, 0.4) is 0 Å². The molecule has 1 aliphatic rings. The van der Waals surface area contributed by atoms with Crippen LogP contribution in [0.1, 0.15) is 59.3 Å². The molecule has 1 aliphatic carbocycles. The Balaban J connectivity index is 2.73. The topological polar surface area (TPSA) is 40.5 Å². The van der Waals surface area contributed by atoms with Gasteiger partial charge in [-0.3, -0.25) is 4.79 Å². The molecule has 0 heterocycles. The van der Waals surface area contributed by atoms with Gasteiger partial charge in [-0.2, -0.15) is 0 Å². The Morgan fingerprint density at radius 3 is 2.25 bits per heavy atom. The summed E-state index contributed by atoms with van der Waals surface area (Å²) in [4.78, 5) is 14.1. The second kappa shape index (κ2) is 5.67. The van der Waals surface area contributed by atoms with Crippen molar-refractivity contribution in [2.24, 2.45) is 0 Å². The number of rotatable bonds is 3. The van der Waals surface area contributed by atoms with Crippen LogP contribution in [0, 0.1) is 0 Å². The Hall–Kier alpha value is -0.570. The van der Waals surface area contributed by atoms with Gasteiger partial charge in [-0.1, -0.05) is 19.3 Å². The van der Waals surface area contributed by atoms with Crippen molar-refractivity contribution in [1.29, 1.82) is 0 Å². The van der Waals surface area contributed by atoms with Crippen LogP contribution >= 0.6 is 0 Å². The van der Waals surface area contributed by atoms with Gasteiger partial charge in [-0.25, -0.2) is 0 Å². The SMILES string of the molecule is CC(C)(C)N(C(=O)CCO)C1CCCCC1. The van der Waals surface area contributed by atoms with Gasteiger partial charge in [0.25, 0.3) is 0 Å². The fraction of sp³-hybridized carbons (Fsp3) is 0.923. The van der Waals surface area contributed by atoms with Crippen LogP contribution in [-0.2, 0) is 4.79 Å². The van der Waals surface area contributed by atoms with Gasteiger partial charge >= 0.3 is 0 Å². The Morgan fingerprint density at radius 1 is 1.25 bits per heavy atom. The number of hydrogen-bond donors (Lipinski definition) is 1. The molecule has 16 heavy (non-hydrogen) atoms. The normalized spacial score (nSPS) is 18.5. The van der Waals surface area contributed by atoms with Gasteiger partial charge in [-0.05, 0) is 33.6 Å². The fourth-order valence-corrected chi connectivity index (χ4v) is 2.68. The molecule has 0 atom stereocenters. The van der Waals surface area contributed by atoms with Crippen LogP contribution in [-0.4, -0.2) is 34.1 Å². The lowest BCUT2D eigenvalue weighted by Crippen LogP contribution is -2.52. The predicted molar refractivity (Wildman–Crippen MR) is 65.2 cm³/mol. The molecule has 0 aromatic heterocycles. The van der Waals surface area contributed by atoms with Crippen molar-refractivity contribution in [3.05, 3.63) is 0 Å². The molecule has 0 aromatic carbocycles. The summed E-state index contributed by atoms with van der Waals surface area (Å²) in [6.07, 6.45) is 6.24. The monoisotopic (exact) mass is 227 g/mol. The Morgan fingerprint density at radius 2 is 1.81 bits per heavy atom. The molecule has 1 fully saturated rings. The van der Waals surface area contributed by atoms with Crippen molar-refractivity contribution in [1.82, 2.24) is 4.90 Å². The molecular weight excluding hydrogens is 202 g/mol. The van der Waals surface area contributed by atoms with Gasteiger partial charge in [0.15, 0.2) is 0 Å². The average molecular weight is 227 g/mol. The maximum atomic E-state index is 12.1. The van der Waals surface area contributed by atoms with Crippen LogP contribution in [0.25, 0.3) is 0 Å². The number of carbonyl (C=O) groups is 1. The third kappa shape index (κ3) is 3.48. The summed E-state index contributed by atoms with van der Waals surface area (Å²) < 4.78 is 0. The zero-order valence-corrected chi connectivity index (χ0v) is 10.8. The lowest BCUT2D eigenvalue weighted by atomic mass is 9.90. The molecule has 1 N–H and O–H groups in total. The van der Waals surface area contributed by atoms with Gasteiger partial charge < -0.3 is 10.0 Å². The number of aliphatic hydroxyl groups is 1. The molecule has 0 aliphatic heterocycles. The first-order chi connectivity index (χ1) is 7.46. The molecule has 1 rings (SSSR count). The van der Waals surface area contributed by atoms with Crippen LogP contribution in [0.2, 0.25) is 0 Å². The summed E-state index contributed by atoms with van der Waals surface area (Å²) in [5, 5.41) is 8.90. The van der Waals surface area contributed by atoms with Crippen molar-refractivity contribution in [2.45, 2.75) is 70.9 Å². The molecule has 3 heteroatoms. The van der Waals surface area contributed by atoms with Crippen LogP contribution < -0.4 is 0 Å². The van der Waals surface area contributed by atoms with E-state index in [1.807, 2.05) is 4.90 Å². The summed E-state index contributed by atoms with van der Waals surface area (Å²) in [5.74, 6) is 0.0990. The minimum absolute atomic E-state index is 0.0435. The van der Waals surface area contributed by atoms with E-state index in [1.54, 1.807) is 0 Å². The Bertz CT molecular complexity index is 227. The van der Waals surface area contributed by atoms with E-state index in [0.29, 0.717) is 6.04 Å². The number of carbonyl (C=O) groups excluding carboxylic acids is 1. The van der Waals surface area contributed by atoms with Crippen molar-refractivity contribution in [2.75, 3.05) is 6.61 Å². The van der Waals surface area contributed by atoms with E-state index in [4.69, 9.17) is 5.11 Å². The molecule has 1 amide bonds. The van der Waals surface area contributed by atoms with Gasteiger partial charge in [0.05, 0.1) is 6.61 Å². The number of amides is 1. The maximum absolute atomic E-state index is 12.1. The van der Waals surface area contributed by atoms with E-state index in [2.05, 4.69) is 20.8 Å². The Labute approximate surface area is 98.8 Å². The summed E-state index contributed by atoms with van der Waals surface area (Å²) in [6.45, 7) is 6.20. The van der Waals surface area contributed by atoms with E-state index in [1.165, 1.54) is 19.3 Å². The molecule has 1 saturated carbocycles. The van der Waals surface area contributed by atoms with Crippen LogP contribution in [0.5, 0.6) is 0 Å². The third-order valence-corrected chi connectivity index (χ3v) is 3.26. The smallest absolute Gasteiger partial charge is 0.225 e. The summed E-state index contributed by atoms with van der Waals surface area (Å²) in [5.41, 5.74) is -0.131. The number of nitrogens with zero attached hydrogens (tertiary/aromatic N) is 1. The predicted octanol–water partition coefficient (Wildman–Crippen LogP) is 2.33. The minimum atomic E-state index is -0.131. The van der Waals surface area contributed by atoms with E-state index in [9.17, 15) is 4.79 Å². The molecule has 3 nitrogen and oxygen atoms in total. The zero-order valence-electron chi connectivity index (χ0n) is 10.8. The lowest BCUT2D eigenvalue weighted by Gasteiger charge is -2.43. The molecule has 0 unspecified atom stereocenters. The molecule has 0 spiro atoms. The second-order valence-corrected chi connectivity index (χ2v) is 5.70. The minimum Gasteiger partial charge on any atom is -0.396 e. The van der Waals surface area contributed by atoms with Gasteiger partial charge in [0.1, 0.15) is 0 Å². The maximum Gasteiger partial charge on any atom is 0.225 e. The standard InChI is InChI=1S/C13H25NO2/c1-13(2,3)14(12(16)9-10-15)11-7-5-4-6-8-11/h11,15H,4-10H2,1-3H3. The highest BCUT2D eigenvalue weighted by Crippen LogP contribution is 2.28. The van der Waals surface area contributed by atoms with Crippen molar-refractivity contribution in [3.8, 4) is 0 Å². The van der Waals surface area contributed by atoms with Gasteiger partial charge in [0.2, 0.25) is 5.91 Å². The highest BCUT2D eigenvalue weighted by atomic mass is 16.3. The van der Waals surface area contributed by atoms with E-state index < -0.39 is 0 Å². The van der Waals surface area contributed by atoms with Crippen molar-refractivity contribution >= 4 is 5.91 Å². The number of aliphatic hydroxyl groups excluding tert-OH is 1. The van der Waals surface area contributed by atoms with E-state index >= 15 is 0 Å². The highest BCUT2D eigenvalue weighted by molar-refractivity contribution is 5.77. The van der Waals surface area contributed by atoms with Crippen LogP contribution in [0.15, 0.2) is 0 Å². The molecule has 0 saturated heterocycles. The lowest BCUT2D eigenvalue weighted by molar-refractivity contribution is -0.140. The first kappa shape index (κ1) is 13.5. The largest absolute Gasteiger partial charge is 0.396 e. The summed E-state index contributed by atoms with van der Waals surface area (Å²) >= 11 is 0. The quantitative estimate of drug-likeness (QED) is 0.804. The molecule has 0 aromatic rings. The van der Waals surface area contributed by atoms with Gasteiger partial charge in [0, 0.05) is 18.0 Å². The van der Waals surface area contributed by atoms with E-state index in [0.717, 1.165) is 12.8 Å².